The molecule has 0 amide bonds. The molecule has 0 spiro atoms. The largest absolute Gasteiger partial charge is 0.248 e. The van der Waals surface area contributed by atoms with Gasteiger partial charge in [0.05, 0.1) is 0 Å². The van der Waals surface area contributed by atoms with Crippen LogP contribution in [0.4, 0.5) is 8.78 Å². The zero-order valence-corrected chi connectivity index (χ0v) is 8.65. The first kappa shape index (κ1) is 10.9. The highest BCUT2D eigenvalue weighted by molar-refractivity contribution is 4.78. The maximum absolute atomic E-state index is 12.8. The summed E-state index contributed by atoms with van der Waals surface area (Å²) in [5, 5.41) is 0. The minimum atomic E-state index is -2.36. The minimum absolute atomic E-state index is 0.119. The van der Waals surface area contributed by atoms with E-state index in [1.807, 2.05) is 0 Å². The molecule has 0 radical (unpaired) electrons. The van der Waals surface area contributed by atoms with E-state index < -0.39 is 5.92 Å². The molecule has 1 atom stereocenters. The van der Waals surface area contributed by atoms with Gasteiger partial charge in [0, 0.05) is 12.8 Å². The molecule has 13 heavy (non-hydrogen) atoms. The third kappa shape index (κ3) is 3.61. The van der Waals surface area contributed by atoms with Crippen LogP contribution in [0.25, 0.3) is 0 Å². The van der Waals surface area contributed by atoms with E-state index in [9.17, 15) is 8.78 Å². The molecule has 1 saturated carbocycles. The summed E-state index contributed by atoms with van der Waals surface area (Å²) in [6.07, 6.45) is 4.02. The summed E-state index contributed by atoms with van der Waals surface area (Å²) in [5.74, 6) is -1.09. The van der Waals surface area contributed by atoms with E-state index in [1.165, 1.54) is 6.42 Å². The Morgan fingerprint density at radius 2 is 1.85 bits per heavy atom. The van der Waals surface area contributed by atoms with Gasteiger partial charge in [0.2, 0.25) is 5.92 Å². The van der Waals surface area contributed by atoms with Crippen molar-refractivity contribution in [2.45, 2.75) is 58.3 Å². The highest BCUT2D eigenvalue weighted by atomic mass is 19.3. The van der Waals surface area contributed by atoms with Crippen LogP contribution >= 0.6 is 0 Å². The Labute approximate surface area is 79.7 Å². The molecule has 78 valence electrons. The van der Waals surface area contributed by atoms with Gasteiger partial charge in [-0.3, -0.25) is 0 Å². The van der Waals surface area contributed by atoms with Crippen LogP contribution in [0, 0.1) is 11.8 Å². The number of hydrogen-bond donors (Lipinski definition) is 0. The van der Waals surface area contributed by atoms with Crippen LogP contribution in [-0.4, -0.2) is 5.92 Å². The SMILES string of the molecule is CCC(C)CC1CCC(F)(F)CC1. The molecule has 0 aromatic heterocycles. The predicted molar refractivity (Wildman–Crippen MR) is 51.0 cm³/mol. The quantitative estimate of drug-likeness (QED) is 0.624. The number of halogens is 2. The fourth-order valence-electron chi connectivity index (χ4n) is 2.07. The number of hydrogen-bond acceptors (Lipinski definition) is 0. The van der Waals surface area contributed by atoms with Crippen molar-refractivity contribution >= 4 is 0 Å². The molecular weight excluding hydrogens is 170 g/mol. The van der Waals surface area contributed by atoms with Gasteiger partial charge in [-0.05, 0) is 31.1 Å². The summed E-state index contributed by atoms with van der Waals surface area (Å²) < 4.78 is 25.6. The molecule has 0 saturated heterocycles. The summed E-state index contributed by atoms with van der Waals surface area (Å²) in [5.41, 5.74) is 0. The van der Waals surface area contributed by atoms with E-state index in [-0.39, 0.29) is 12.8 Å². The molecule has 0 bridgehead atoms. The van der Waals surface area contributed by atoms with Crippen molar-refractivity contribution in [2.75, 3.05) is 0 Å². The number of alkyl halides is 2. The van der Waals surface area contributed by atoms with Gasteiger partial charge in [-0.15, -0.1) is 0 Å². The van der Waals surface area contributed by atoms with Gasteiger partial charge in [0.1, 0.15) is 0 Å². The molecule has 0 heterocycles. The normalized spacial score (nSPS) is 25.8. The monoisotopic (exact) mass is 190 g/mol. The van der Waals surface area contributed by atoms with E-state index in [2.05, 4.69) is 13.8 Å². The van der Waals surface area contributed by atoms with Crippen molar-refractivity contribution in [3.63, 3.8) is 0 Å². The molecule has 1 aliphatic carbocycles. The molecule has 1 aliphatic rings. The second-order valence-corrected chi connectivity index (χ2v) is 4.55. The summed E-state index contributed by atoms with van der Waals surface area (Å²) >= 11 is 0. The van der Waals surface area contributed by atoms with Crippen LogP contribution in [0.3, 0.4) is 0 Å². The Balaban J connectivity index is 2.25. The van der Waals surface area contributed by atoms with Crippen molar-refractivity contribution in [2.24, 2.45) is 11.8 Å². The zero-order chi connectivity index (χ0) is 9.90. The van der Waals surface area contributed by atoms with E-state index in [0.29, 0.717) is 11.8 Å². The van der Waals surface area contributed by atoms with Crippen molar-refractivity contribution < 1.29 is 8.78 Å². The van der Waals surface area contributed by atoms with Gasteiger partial charge < -0.3 is 0 Å². The van der Waals surface area contributed by atoms with Gasteiger partial charge in [0.15, 0.2) is 0 Å². The van der Waals surface area contributed by atoms with E-state index in [1.54, 1.807) is 0 Å². The molecule has 1 unspecified atom stereocenters. The molecule has 0 N–H and O–H groups in total. The smallest absolute Gasteiger partial charge is 0.207 e. The van der Waals surface area contributed by atoms with Crippen molar-refractivity contribution in [1.82, 2.24) is 0 Å². The van der Waals surface area contributed by atoms with Crippen LogP contribution < -0.4 is 0 Å². The Morgan fingerprint density at radius 1 is 1.31 bits per heavy atom. The first-order chi connectivity index (χ1) is 6.03. The average Bonchev–Trinajstić information content (AvgIpc) is 2.08. The van der Waals surface area contributed by atoms with Gasteiger partial charge in [-0.2, -0.15) is 0 Å². The van der Waals surface area contributed by atoms with E-state index in [4.69, 9.17) is 0 Å². The van der Waals surface area contributed by atoms with Gasteiger partial charge >= 0.3 is 0 Å². The molecular formula is C11H20F2. The summed E-state index contributed by atoms with van der Waals surface area (Å²) in [6.45, 7) is 4.38. The Morgan fingerprint density at radius 3 is 2.31 bits per heavy atom. The van der Waals surface area contributed by atoms with Crippen LogP contribution in [0.1, 0.15) is 52.4 Å². The standard InChI is InChI=1S/C11H20F2/c1-3-9(2)8-10-4-6-11(12,13)7-5-10/h9-10H,3-8H2,1-2H3. The van der Waals surface area contributed by atoms with Crippen molar-refractivity contribution in [3.8, 4) is 0 Å². The first-order valence-electron chi connectivity index (χ1n) is 5.41. The molecule has 0 aromatic rings. The van der Waals surface area contributed by atoms with Crippen molar-refractivity contribution in [3.05, 3.63) is 0 Å². The zero-order valence-electron chi connectivity index (χ0n) is 8.65. The molecule has 1 rings (SSSR count). The number of rotatable bonds is 3. The maximum atomic E-state index is 12.8. The Bertz CT molecular complexity index is 144. The van der Waals surface area contributed by atoms with Crippen LogP contribution in [-0.2, 0) is 0 Å². The topological polar surface area (TPSA) is 0 Å². The van der Waals surface area contributed by atoms with Gasteiger partial charge in [-0.1, -0.05) is 20.3 Å². The van der Waals surface area contributed by atoms with E-state index >= 15 is 0 Å². The van der Waals surface area contributed by atoms with Crippen molar-refractivity contribution in [1.29, 1.82) is 0 Å². The van der Waals surface area contributed by atoms with Gasteiger partial charge in [0.25, 0.3) is 0 Å². The lowest BCUT2D eigenvalue weighted by molar-refractivity contribution is -0.0478. The molecule has 0 nitrogen and oxygen atoms in total. The fraction of sp³-hybridized carbons (Fsp3) is 1.00. The third-order valence-electron chi connectivity index (χ3n) is 3.27. The lowest BCUT2D eigenvalue weighted by Gasteiger charge is -2.29. The predicted octanol–water partition coefficient (Wildman–Crippen LogP) is 4.25. The third-order valence-corrected chi connectivity index (χ3v) is 3.27. The average molecular weight is 190 g/mol. The summed E-state index contributed by atoms with van der Waals surface area (Å²) in [7, 11) is 0. The first-order valence-corrected chi connectivity index (χ1v) is 5.41. The second kappa shape index (κ2) is 4.39. The lowest BCUT2D eigenvalue weighted by Crippen LogP contribution is -2.25. The maximum Gasteiger partial charge on any atom is 0.248 e. The molecule has 0 aromatic carbocycles. The summed E-state index contributed by atoms with van der Waals surface area (Å²) in [6, 6.07) is 0. The molecule has 2 heteroatoms. The molecule has 1 fully saturated rings. The fourth-order valence-corrected chi connectivity index (χ4v) is 2.07. The van der Waals surface area contributed by atoms with Gasteiger partial charge in [-0.25, -0.2) is 8.78 Å². The highest BCUT2D eigenvalue weighted by Gasteiger charge is 2.34. The second-order valence-electron chi connectivity index (χ2n) is 4.55. The lowest BCUT2D eigenvalue weighted by atomic mass is 9.81. The van der Waals surface area contributed by atoms with E-state index in [0.717, 1.165) is 19.3 Å². The highest BCUT2D eigenvalue weighted by Crippen LogP contribution is 2.38. The minimum Gasteiger partial charge on any atom is -0.207 e. The van der Waals surface area contributed by atoms with Crippen LogP contribution in [0.5, 0.6) is 0 Å². The Hall–Kier alpha value is -0.140. The Kier molecular flexibility index (Phi) is 3.69. The summed E-state index contributed by atoms with van der Waals surface area (Å²) in [4.78, 5) is 0. The van der Waals surface area contributed by atoms with Crippen LogP contribution in [0.2, 0.25) is 0 Å². The van der Waals surface area contributed by atoms with Crippen LogP contribution in [0.15, 0.2) is 0 Å². The molecule has 0 aliphatic heterocycles.